The molecule has 0 unspecified atom stereocenters. The molecule has 0 atom stereocenters. The van der Waals surface area contributed by atoms with Crippen LogP contribution in [0, 0.1) is 5.82 Å². The molecule has 0 saturated carbocycles. The molecule has 1 saturated heterocycles. The molecule has 0 radical (unpaired) electrons. The van der Waals surface area contributed by atoms with Gasteiger partial charge >= 0.3 is 0 Å². The first-order chi connectivity index (χ1) is 16.6. The zero-order chi connectivity index (χ0) is 23.8. The van der Waals surface area contributed by atoms with Gasteiger partial charge in [0.25, 0.3) is 0 Å². The lowest BCUT2D eigenvalue weighted by Crippen LogP contribution is -2.37. The topological polar surface area (TPSA) is 27.7 Å². The third-order valence-corrected chi connectivity index (χ3v) is 6.65. The van der Waals surface area contributed by atoms with Crippen molar-refractivity contribution in [2.24, 2.45) is 0 Å². The summed E-state index contributed by atoms with van der Waals surface area (Å²) in [4.78, 5) is 0. The normalized spacial score (nSPS) is 18.4. The van der Waals surface area contributed by atoms with Crippen molar-refractivity contribution in [1.82, 2.24) is 0 Å². The van der Waals surface area contributed by atoms with E-state index in [-0.39, 0.29) is 18.2 Å². The second kappa shape index (κ2) is 12.6. The molecule has 3 aromatic rings. The minimum Gasteiger partial charge on any atom is -0.373 e. The fourth-order valence-electron chi connectivity index (χ4n) is 4.34. The predicted octanol–water partition coefficient (Wildman–Crippen LogP) is 7.30. The average Bonchev–Trinajstić information content (AvgIpc) is 2.87. The van der Waals surface area contributed by atoms with Crippen LogP contribution in [-0.2, 0) is 33.5 Å². The Bertz CT molecular complexity index is 1050. The van der Waals surface area contributed by atoms with Crippen molar-refractivity contribution in [1.29, 1.82) is 0 Å². The van der Waals surface area contributed by atoms with E-state index < -0.39 is 0 Å². The van der Waals surface area contributed by atoms with Crippen molar-refractivity contribution in [3.63, 3.8) is 0 Å². The van der Waals surface area contributed by atoms with Crippen LogP contribution in [0.1, 0.15) is 49.3 Å². The second-order valence-electron chi connectivity index (χ2n) is 9.06. The number of aryl methyl sites for hydroxylation is 3. The van der Waals surface area contributed by atoms with Gasteiger partial charge in [-0.3, -0.25) is 0 Å². The average molecular weight is 485 g/mol. The Morgan fingerprint density at radius 3 is 2.44 bits per heavy atom. The Kier molecular flexibility index (Phi) is 9.34. The summed E-state index contributed by atoms with van der Waals surface area (Å²) in [6.45, 7) is 4.12. The number of hydrogen-bond donors (Lipinski definition) is 0. The molecule has 1 heterocycles. The van der Waals surface area contributed by atoms with Crippen molar-refractivity contribution < 1.29 is 18.6 Å². The van der Waals surface area contributed by atoms with Crippen molar-refractivity contribution in [3.8, 4) is 0 Å². The van der Waals surface area contributed by atoms with E-state index in [1.807, 2.05) is 48.5 Å². The Balaban J connectivity index is 1.27. The summed E-state index contributed by atoms with van der Waals surface area (Å²) in [7, 11) is 0. The van der Waals surface area contributed by atoms with Gasteiger partial charge in [0.1, 0.15) is 11.9 Å². The van der Waals surface area contributed by atoms with Gasteiger partial charge in [-0.1, -0.05) is 73.8 Å². The van der Waals surface area contributed by atoms with E-state index in [1.165, 1.54) is 12.8 Å². The lowest BCUT2D eigenvalue weighted by atomic mass is 9.98. The van der Waals surface area contributed by atoms with Crippen LogP contribution in [0.3, 0.4) is 0 Å². The fourth-order valence-corrected chi connectivity index (χ4v) is 4.47. The zero-order valence-electron chi connectivity index (χ0n) is 19.9. The van der Waals surface area contributed by atoms with Crippen LogP contribution in [0.5, 0.6) is 0 Å². The van der Waals surface area contributed by atoms with Crippen LogP contribution in [-0.4, -0.2) is 32.2 Å². The summed E-state index contributed by atoms with van der Waals surface area (Å²) in [5.41, 5.74) is 3.05. The molecule has 0 aliphatic carbocycles. The number of ether oxygens (including phenoxy) is 3. The highest BCUT2D eigenvalue weighted by Gasteiger charge is 2.22. The van der Waals surface area contributed by atoms with Gasteiger partial charge in [0, 0.05) is 23.4 Å². The molecule has 0 amide bonds. The molecule has 182 valence electrons. The monoisotopic (exact) mass is 484 g/mol. The van der Waals surface area contributed by atoms with E-state index >= 15 is 4.39 Å². The van der Waals surface area contributed by atoms with Gasteiger partial charge in [-0.05, 0) is 59.9 Å². The maximum absolute atomic E-state index is 15.1. The van der Waals surface area contributed by atoms with E-state index in [4.69, 9.17) is 25.8 Å². The molecular formula is C29H34ClFO3. The van der Waals surface area contributed by atoms with Gasteiger partial charge in [-0.25, -0.2) is 4.39 Å². The molecule has 0 spiro atoms. The summed E-state index contributed by atoms with van der Waals surface area (Å²) in [5, 5.41) is 2.32. The quantitative estimate of drug-likeness (QED) is 0.267. The standard InChI is InChI=1S/C29H34ClFO3/c1-2-3-4-17-32-26-19-33-28(34-20-26)16-9-22-8-15-27-24(18-22)12-11-23(29(27)31)10-5-21-6-13-25(30)14-7-21/h6-8,11-15,18,26,28H,2-5,9-10,16-17,19-20H2,1H3. The number of fused-ring (bicyclic) bond motifs is 1. The van der Waals surface area contributed by atoms with Crippen LogP contribution in [0.2, 0.25) is 5.02 Å². The van der Waals surface area contributed by atoms with E-state index in [0.29, 0.717) is 30.0 Å². The molecule has 4 rings (SSSR count). The molecule has 1 fully saturated rings. The first-order valence-electron chi connectivity index (χ1n) is 12.4. The largest absolute Gasteiger partial charge is 0.373 e. The molecule has 0 bridgehead atoms. The van der Waals surface area contributed by atoms with Crippen LogP contribution in [0.25, 0.3) is 10.8 Å². The molecule has 3 nitrogen and oxygen atoms in total. The number of halogens is 2. The summed E-state index contributed by atoms with van der Waals surface area (Å²) in [6.07, 6.45) is 6.33. The minimum absolute atomic E-state index is 0.0330. The molecule has 3 aromatic carbocycles. The number of unbranched alkanes of at least 4 members (excludes halogenated alkanes) is 2. The minimum atomic E-state index is -0.210. The van der Waals surface area contributed by atoms with Crippen molar-refractivity contribution in [3.05, 3.63) is 82.1 Å². The summed E-state index contributed by atoms with van der Waals surface area (Å²) in [6, 6.07) is 17.6. The third-order valence-electron chi connectivity index (χ3n) is 6.40. The molecule has 0 N–H and O–H groups in total. The van der Waals surface area contributed by atoms with Gasteiger partial charge in [-0.2, -0.15) is 0 Å². The van der Waals surface area contributed by atoms with E-state index in [9.17, 15) is 0 Å². The van der Waals surface area contributed by atoms with Crippen LogP contribution in [0.4, 0.5) is 4.39 Å². The lowest BCUT2D eigenvalue weighted by Gasteiger charge is -2.29. The van der Waals surface area contributed by atoms with Crippen molar-refractivity contribution >= 4 is 22.4 Å². The van der Waals surface area contributed by atoms with Gasteiger partial charge in [0.05, 0.1) is 13.2 Å². The molecule has 5 heteroatoms. The van der Waals surface area contributed by atoms with E-state index in [2.05, 4.69) is 13.0 Å². The highest BCUT2D eigenvalue weighted by atomic mass is 35.5. The fraction of sp³-hybridized carbons (Fsp3) is 0.448. The summed E-state index contributed by atoms with van der Waals surface area (Å²) in [5.74, 6) is -0.123. The number of hydrogen-bond acceptors (Lipinski definition) is 3. The van der Waals surface area contributed by atoms with Crippen molar-refractivity contribution in [2.75, 3.05) is 19.8 Å². The van der Waals surface area contributed by atoms with Gasteiger partial charge in [-0.15, -0.1) is 0 Å². The van der Waals surface area contributed by atoms with Crippen LogP contribution in [0.15, 0.2) is 54.6 Å². The molecule has 0 aromatic heterocycles. The van der Waals surface area contributed by atoms with E-state index in [0.717, 1.165) is 54.4 Å². The Morgan fingerprint density at radius 1 is 0.912 bits per heavy atom. The lowest BCUT2D eigenvalue weighted by molar-refractivity contribution is -0.227. The number of benzene rings is 3. The highest BCUT2D eigenvalue weighted by Crippen LogP contribution is 2.25. The first kappa shape index (κ1) is 25.1. The van der Waals surface area contributed by atoms with Crippen LogP contribution < -0.4 is 0 Å². The smallest absolute Gasteiger partial charge is 0.158 e. The maximum Gasteiger partial charge on any atom is 0.158 e. The van der Waals surface area contributed by atoms with Gasteiger partial charge < -0.3 is 14.2 Å². The Morgan fingerprint density at radius 2 is 1.68 bits per heavy atom. The van der Waals surface area contributed by atoms with Crippen LogP contribution >= 0.6 is 11.6 Å². The van der Waals surface area contributed by atoms with E-state index in [1.54, 1.807) is 0 Å². The molecular weight excluding hydrogens is 451 g/mol. The van der Waals surface area contributed by atoms with Gasteiger partial charge in [0.2, 0.25) is 0 Å². The summed E-state index contributed by atoms with van der Waals surface area (Å²) < 4.78 is 32.7. The number of rotatable bonds is 11. The Hall–Kier alpha value is -1.98. The summed E-state index contributed by atoms with van der Waals surface area (Å²) >= 11 is 5.95. The molecule has 1 aliphatic heterocycles. The maximum atomic E-state index is 15.1. The third kappa shape index (κ3) is 7.02. The second-order valence-corrected chi connectivity index (χ2v) is 9.49. The van der Waals surface area contributed by atoms with Crippen molar-refractivity contribution in [2.45, 2.75) is 64.3 Å². The molecule has 1 aliphatic rings. The highest BCUT2D eigenvalue weighted by molar-refractivity contribution is 6.30. The zero-order valence-corrected chi connectivity index (χ0v) is 20.7. The SMILES string of the molecule is CCCCCOC1COC(CCc2ccc3c(F)c(CCc4ccc(Cl)cc4)ccc3c2)OC1. The molecule has 34 heavy (non-hydrogen) atoms. The Labute approximate surface area is 207 Å². The first-order valence-corrected chi connectivity index (χ1v) is 12.8. The van der Waals surface area contributed by atoms with Gasteiger partial charge in [0.15, 0.2) is 6.29 Å². The predicted molar refractivity (Wildman–Crippen MR) is 136 cm³/mol.